The number of aliphatic hydroxyl groups excluding tert-OH is 1. The number of carbonyl (C=O) groups is 2. The zero-order valence-corrected chi connectivity index (χ0v) is 18.6. The van der Waals surface area contributed by atoms with Gasteiger partial charge in [0, 0.05) is 5.69 Å². The number of hydrogen-bond donors (Lipinski definition) is 3. The maximum atomic E-state index is 12.9. The van der Waals surface area contributed by atoms with Gasteiger partial charge in [0.2, 0.25) is 10.0 Å². The van der Waals surface area contributed by atoms with Gasteiger partial charge in [-0.1, -0.05) is 23.2 Å². The summed E-state index contributed by atoms with van der Waals surface area (Å²) < 4.78 is 45.1. The number of aliphatic hydroxyl groups is 1. The van der Waals surface area contributed by atoms with Gasteiger partial charge in [-0.2, -0.15) is 4.72 Å². The normalized spacial score (nSPS) is 14.4. The molecule has 8 nitrogen and oxygen atoms in total. The van der Waals surface area contributed by atoms with Crippen LogP contribution in [-0.2, 0) is 24.3 Å². The summed E-state index contributed by atoms with van der Waals surface area (Å²) in [6.07, 6.45) is -2.83. The molecule has 0 bridgehead atoms. The molecule has 2 aromatic rings. The van der Waals surface area contributed by atoms with Crippen LogP contribution in [-0.4, -0.2) is 43.7 Å². The minimum atomic E-state index is -4.29. The van der Waals surface area contributed by atoms with Crippen molar-refractivity contribution in [3.8, 4) is 0 Å². The van der Waals surface area contributed by atoms with Crippen molar-refractivity contribution in [3.63, 3.8) is 0 Å². The number of halogens is 3. The van der Waals surface area contributed by atoms with Crippen molar-refractivity contribution >= 4 is 50.8 Å². The number of amides is 1. The van der Waals surface area contributed by atoms with E-state index in [0.29, 0.717) is 0 Å². The van der Waals surface area contributed by atoms with E-state index in [1.165, 1.54) is 38.1 Å². The molecular formula is C19H19Cl2FN2O6S. The standard InChI is InChI=1S/C19H19Cl2FN2O6S/c1-10(25)17(24-31(28,29)14-7-8-15(20)16(21)9-14)19(27)30-11(2)18(26)23-13-5-3-12(22)4-6-13/h3-11,17,24-25H,1-2H3,(H,23,26). The van der Waals surface area contributed by atoms with Crippen LogP contribution in [0.2, 0.25) is 10.0 Å². The molecule has 12 heteroatoms. The van der Waals surface area contributed by atoms with Gasteiger partial charge in [-0.3, -0.25) is 9.59 Å². The molecule has 0 spiro atoms. The minimum absolute atomic E-state index is 0.0215. The molecule has 0 saturated heterocycles. The highest BCUT2D eigenvalue weighted by molar-refractivity contribution is 7.89. The number of esters is 1. The summed E-state index contributed by atoms with van der Waals surface area (Å²) in [5.74, 6) is -2.41. The van der Waals surface area contributed by atoms with E-state index in [1.54, 1.807) is 0 Å². The van der Waals surface area contributed by atoms with E-state index < -0.39 is 46.0 Å². The van der Waals surface area contributed by atoms with Crippen LogP contribution in [0.25, 0.3) is 0 Å². The van der Waals surface area contributed by atoms with Crippen molar-refractivity contribution in [3.05, 3.63) is 58.3 Å². The number of anilines is 1. The van der Waals surface area contributed by atoms with Gasteiger partial charge in [0.15, 0.2) is 6.10 Å². The van der Waals surface area contributed by atoms with E-state index in [2.05, 4.69) is 5.32 Å². The molecule has 1 amide bonds. The Hall–Kier alpha value is -2.24. The minimum Gasteiger partial charge on any atom is -0.451 e. The Morgan fingerprint density at radius 1 is 1.06 bits per heavy atom. The zero-order valence-electron chi connectivity index (χ0n) is 16.3. The Bertz CT molecular complexity index is 1060. The second-order valence-corrected chi connectivity index (χ2v) is 9.02. The molecule has 0 saturated carbocycles. The fraction of sp³-hybridized carbons (Fsp3) is 0.263. The molecule has 0 aliphatic heterocycles. The van der Waals surface area contributed by atoms with E-state index >= 15 is 0 Å². The molecule has 2 aromatic carbocycles. The Balaban J connectivity index is 2.09. The predicted molar refractivity (Wildman–Crippen MR) is 113 cm³/mol. The first-order valence-electron chi connectivity index (χ1n) is 8.83. The number of hydrogen-bond acceptors (Lipinski definition) is 6. The molecule has 3 atom stereocenters. The third-order valence-electron chi connectivity index (χ3n) is 3.99. The number of rotatable bonds is 8. The van der Waals surface area contributed by atoms with E-state index in [9.17, 15) is 27.5 Å². The first-order valence-corrected chi connectivity index (χ1v) is 11.1. The Morgan fingerprint density at radius 3 is 2.23 bits per heavy atom. The van der Waals surface area contributed by atoms with Crippen LogP contribution in [0.4, 0.5) is 10.1 Å². The van der Waals surface area contributed by atoms with Crippen LogP contribution in [0, 0.1) is 5.82 Å². The maximum Gasteiger partial charge on any atom is 0.327 e. The van der Waals surface area contributed by atoms with E-state index in [4.69, 9.17) is 27.9 Å². The van der Waals surface area contributed by atoms with Crippen LogP contribution in [0.15, 0.2) is 47.4 Å². The van der Waals surface area contributed by atoms with E-state index in [-0.39, 0.29) is 20.6 Å². The molecule has 0 heterocycles. The summed E-state index contributed by atoms with van der Waals surface area (Å²) in [7, 11) is -4.29. The molecule has 3 unspecified atom stereocenters. The average Bonchev–Trinajstić information content (AvgIpc) is 2.69. The molecule has 0 radical (unpaired) electrons. The Morgan fingerprint density at radius 2 is 1.68 bits per heavy atom. The van der Waals surface area contributed by atoms with Crippen LogP contribution in [0.3, 0.4) is 0 Å². The first kappa shape index (κ1) is 25.0. The summed E-state index contributed by atoms with van der Waals surface area (Å²) >= 11 is 11.6. The molecule has 168 valence electrons. The number of ether oxygens (including phenoxy) is 1. The summed E-state index contributed by atoms with van der Waals surface area (Å²) in [5.41, 5.74) is 0.265. The fourth-order valence-corrected chi connectivity index (χ4v) is 3.95. The van der Waals surface area contributed by atoms with E-state index in [1.807, 2.05) is 4.72 Å². The molecule has 0 aromatic heterocycles. The van der Waals surface area contributed by atoms with Crippen molar-refractivity contribution in [1.29, 1.82) is 0 Å². The summed E-state index contributed by atoms with van der Waals surface area (Å²) in [5, 5.41) is 12.4. The number of sulfonamides is 1. The molecule has 0 aliphatic rings. The Labute approximate surface area is 188 Å². The third-order valence-corrected chi connectivity index (χ3v) is 6.17. The van der Waals surface area contributed by atoms with Crippen LogP contribution >= 0.6 is 23.2 Å². The highest BCUT2D eigenvalue weighted by Crippen LogP contribution is 2.25. The van der Waals surface area contributed by atoms with Crippen molar-refractivity contribution in [2.24, 2.45) is 0 Å². The second kappa shape index (κ2) is 10.4. The molecule has 0 aliphatic carbocycles. The molecule has 3 N–H and O–H groups in total. The number of benzene rings is 2. The van der Waals surface area contributed by atoms with Gasteiger partial charge in [-0.15, -0.1) is 0 Å². The third kappa shape index (κ3) is 6.88. The van der Waals surface area contributed by atoms with Gasteiger partial charge in [-0.25, -0.2) is 12.8 Å². The largest absolute Gasteiger partial charge is 0.451 e. The summed E-state index contributed by atoms with van der Waals surface area (Å²) in [4.78, 5) is 24.3. The van der Waals surface area contributed by atoms with Crippen LogP contribution < -0.4 is 10.0 Å². The lowest BCUT2D eigenvalue weighted by atomic mass is 10.2. The van der Waals surface area contributed by atoms with Crippen molar-refractivity contribution < 1.29 is 32.2 Å². The smallest absolute Gasteiger partial charge is 0.327 e. The van der Waals surface area contributed by atoms with Crippen molar-refractivity contribution in [2.75, 3.05) is 5.32 Å². The SMILES string of the molecule is CC(OC(=O)C(NS(=O)(=O)c1ccc(Cl)c(Cl)c1)C(C)O)C(=O)Nc1ccc(F)cc1. The van der Waals surface area contributed by atoms with Gasteiger partial charge in [0.1, 0.15) is 11.9 Å². The highest BCUT2D eigenvalue weighted by atomic mass is 35.5. The first-order chi connectivity index (χ1) is 14.4. The second-order valence-electron chi connectivity index (χ2n) is 6.49. The lowest BCUT2D eigenvalue weighted by Gasteiger charge is -2.22. The monoisotopic (exact) mass is 492 g/mol. The summed E-state index contributed by atoms with van der Waals surface area (Å²) in [6, 6.07) is 6.68. The quantitative estimate of drug-likeness (QED) is 0.487. The molecule has 2 rings (SSSR count). The van der Waals surface area contributed by atoms with Crippen molar-refractivity contribution in [1.82, 2.24) is 4.72 Å². The van der Waals surface area contributed by atoms with Gasteiger partial charge in [-0.05, 0) is 56.3 Å². The lowest BCUT2D eigenvalue weighted by molar-refractivity contribution is -0.157. The zero-order chi connectivity index (χ0) is 23.3. The van der Waals surface area contributed by atoms with Gasteiger partial charge >= 0.3 is 5.97 Å². The van der Waals surface area contributed by atoms with E-state index in [0.717, 1.165) is 18.2 Å². The van der Waals surface area contributed by atoms with Crippen molar-refractivity contribution in [2.45, 2.75) is 37.0 Å². The van der Waals surface area contributed by atoms with Crippen LogP contribution in [0.5, 0.6) is 0 Å². The number of carbonyl (C=O) groups excluding carboxylic acids is 2. The average molecular weight is 493 g/mol. The Kier molecular flexibility index (Phi) is 8.38. The maximum absolute atomic E-state index is 12.9. The number of nitrogens with one attached hydrogen (secondary N) is 2. The van der Waals surface area contributed by atoms with Gasteiger partial charge in [0.05, 0.1) is 21.0 Å². The molecule has 0 fully saturated rings. The van der Waals surface area contributed by atoms with Gasteiger partial charge in [0.25, 0.3) is 5.91 Å². The van der Waals surface area contributed by atoms with Crippen LogP contribution in [0.1, 0.15) is 13.8 Å². The lowest BCUT2D eigenvalue weighted by Crippen LogP contribution is -2.49. The topological polar surface area (TPSA) is 122 Å². The summed E-state index contributed by atoms with van der Waals surface area (Å²) in [6.45, 7) is 2.43. The highest BCUT2D eigenvalue weighted by Gasteiger charge is 2.33. The van der Waals surface area contributed by atoms with Gasteiger partial charge < -0.3 is 15.2 Å². The predicted octanol–water partition coefficient (Wildman–Crippen LogP) is 2.73. The molecular weight excluding hydrogens is 474 g/mol. The fourth-order valence-electron chi connectivity index (χ4n) is 2.30. The molecule has 31 heavy (non-hydrogen) atoms.